The second-order valence-corrected chi connectivity index (χ2v) is 8.30. The molecule has 0 N–H and O–H groups in total. The van der Waals surface area contributed by atoms with Crippen molar-refractivity contribution in [2.75, 3.05) is 32.7 Å². The number of aliphatic imine (C=N–C) groups is 1. The minimum Gasteiger partial charge on any atom is -0.358 e. The van der Waals surface area contributed by atoms with Gasteiger partial charge in [0.25, 0.3) is 0 Å². The van der Waals surface area contributed by atoms with Crippen LogP contribution in [-0.2, 0) is 0 Å². The van der Waals surface area contributed by atoms with Crippen molar-refractivity contribution in [1.29, 1.82) is 0 Å². The number of alkyl halides is 1. The summed E-state index contributed by atoms with van der Waals surface area (Å²) in [6.07, 6.45) is 7.65. The molecule has 0 amide bonds. The van der Waals surface area contributed by atoms with E-state index in [0.29, 0.717) is 11.4 Å². The SMILES string of the molecule is CC(C)N1CCN(C2=NCC(C3CCC(Cl)CC3)CC2)CC1. The average Bonchev–Trinajstić information content (AvgIpc) is 2.56. The minimum atomic E-state index is 0.441. The zero-order chi connectivity index (χ0) is 15.5. The second kappa shape index (κ2) is 7.53. The topological polar surface area (TPSA) is 18.8 Å². The van der Waals surface area contributed by atoms with Crippen LogP contribution in [0.1, 0.15) is 52.4 Å². The summed E-state index contributed by atoms with van der Waals surface area (Å²) >= 11 is 6.24. The first-order valence-corrected chi connectivity index (χ1v) is 9.73. The van der Waals surface area contributed by atoms with E-state index in [9.17, 15) is 0 Å². The Kier molecular flexibility index (Phi) is 5.67. The molecule has 2 fully saturated rings. The van der Waals surface area contributed by atoms with E-state index in [-0.39, 0.29) is 0 Å². The maximum atomic E-state index is 6.24. The molecule has 0 aromatic rings. The molecule has 3 nitrogen and oxygen atoms in total. The van der Waals surface area contributed by atoms with E-state index < -0.39 is 0 Å². The molecule has 1 unspecified atom stereocenters. The van der Waals surface area contributed by atoms with Crippen LogP contribution in [-0.4, -0.2) is 59.8 Å². The summed E-state index contributed by atoms with van der Waals surface area (Å²) in [6, 6.07) is 0.678. The van der Waals surface area contributed by atoms with Gasteiger partial charge in [0.15, 0.2) is 0 Å². The fourth-order valence-electron chi connectivity index (χ4n) is 4.40. The standard InChI is InChI=1S/C18H32ClN3/c1-14(2)21-9-11-22(12-10-21)18-8-5-16(13-20-18)15-3-6-17(19)7-4-15/h14-17H,3-13H2,1-2H3. The molecule has 0 bridgehead atoms. The van der Waals surface area contributed by atoms with Crippen LogP contribution in [0.3, 0.4) is 0 Å². The van der Waals surface area contributed by atoms with Gasteiger partial charge < -0.3 is 4.90 Å². The van der Waals surface area contributed by atoms with Crippen molar-refractivity contribution >= 4 is 17.4 Å². The Morgan fingerprint density at radius 2 is 1.64 bits per heavy atom. The monoisotopic (exact) mass is 325 g/mol. The smallest absolute Gasteiger partial charge is 0.0990 e. The van der Waals surface area contributed by atoms with E-state index in [1.165, 1.54) is 70.5 Å². The molecule has 4 heteroatoms. The van der Waals surface area contributed by atoms with Gasteiger partial charge in [-0.3, -0.25) is 9.89 Å². The third-order valence-corrected chi connectivity index (χ3v) is 6.46. The van der Waals surface area contributed by atoms with E-state index in [2.05, 4.69) is 23.6 Å². The van der Waals surface area contributed by atoms with Crippen LogP contribution in [0.5, 0.6) is 0 Å². The Morgan fingerprint density at radius 3 is 2.18 bits per heavy atom. The molecule has 1 saturated carbocycles. The highest BCUT2D eigenvalue weighted by molar-refractivity contribution is 6.20. The molecule has 0 radical (unpaired) electrons. The third kappa shape index (κ3) is 3.97. The molecule has 0 aromatic carbocycles. The van der Waals surface area contributed by atoms with Crippen LogP contribution >= 0.6 is 11.6 Å². The van der Waals surface area contributed by atoms with Gasteiger partial charge in [0.2, 0.25) is 0 Å². The molecule has 3 aliphatic rings. The van der Waals surface area contributed by atoms with Crippen molar-refractivity contribution in [1.82, 2.24) is 9.80 Å². The summed E-state index contributed by atoms with van der Waals surface area (Å²) < 4.78 is 0. The molecule has 1 atom stereocenters. The van der Waals surface area contributed by atoms with Crippen molar-refractivity contribution in [2.24, 2.45) is 16.8 Å². The van der Waals surface area contributed by atoms with Crippen molar-refractivity contribution < 1.29 is 0 Å². The summed E-state index contributed by atoms with van der Waals surface area (Å²) in [5.41, 5.74) is 0. The van der Waals surface area contributed by atoms with Crippen LogP contribution in [0.15, 0.2) is 4.99 Å². The Balaban J connectivity index is 1.47. The van der Waals surface area contributed by atoms with Gasteiger partial charge in [-0.1, -0.05) is 0 Å². The maximum Gasteiger partial charge on any atom is 0.0990 e. The zero-order valence-electron chi connectivity index (χ0n) is 14.3. The van der Waals surface area contributed by atoms with Crippen LogP contribution in [0, 0.1) is 11.8 Å². The summed E-state index contributed by atoms with van der Waals surface area (Å²) in [5, 5.41) is 0.441. The number of hydrogen-bond acceptors (Lipinski definition) is 3. The lowest BCUT2D eigenvalue weighted by Crippen LogP contribution is -2.51. The first kappa shape index (κ1) is 16.6. The largest absolute Gasteiger partial charge is 0.358 e. The summed E-state index contributed by atoms with van der Waals surface area (Å²) in [6.45, 7) is 10.4. The van der Waals surface area contributed by atoms with Crippen LogP contribution < -0.4 is 0 Å². The number of piperazine rings is 1. The summed E-state index contributed by atoms with van der Waals surface area (Å²) in [5.74, 6) is 3.11. The zero-order valence-corrected chi connectivity index (χ0v) is 15.1. The number of amidine groups is 1. The molecule has 126 valence electrons. The summed E-state index contributed by atoms with van der Waals surface area (Å²) in [7, 11) is 0. The van der Waals surface area contributed by atoms with Gasteiger partial charge in [-0.05, 0) is 57.8 Å². The molecular weight excluding hydrogens is 294 g/mol. The summed E-state index contributed by atoms with van der Waals surface area (Å²) in [4.78, 5) is 10.1. The predicted molar refractivity (Wildman–Crippen MR) is 94.9 cm³/mol. The average molecular weight is 326 g/mol. The Bertz CT molecular complexity index is 380. The number of halogens is 1. The first-order chi connectivity index (χ1) is 10.6. The van der Waals surface area contributed by atoms with Crippen molar-refractivity contribution in [3.63, 3.8) is 0 Å². The molecule has 1 aliphatic carbocycles. The third-order valence-electron chi connectivity index (χ3n) is 6.02. The number of rotatable bonds is 2. The molecular formula is C18H32ClN3. The van der Waals surface area contributed by atoms with Crippen LogP contribution in [0.2, 0.25) is 0 Å². The highest BCUT2D eigenvalue weighted by atomic mass is 35.5. The predicted octanol–water partition coefficient (Wildman–Crippen LogP) is 3.62. The molecule has 2 heterocycles. The molecule has 0 spiro atoms. The fraction of sp³-hybridized carbons (Fsp3) is 0.944. The van der Waals surface area contributed by atoms with Crippen LogP contribution in [0.4, 0.5) is 0 Å². The van der Waals surface area contributed by atoms with Crippen molar-refractivity contribution in [3.05, 3.63) is 0 Å². The normalized spacial score (nSPS) is 34.8. The lowest BCUT2D eigenvalue weighted by atomic mass is 9.77. The quantitative estimate of drug-likeness (QED) is 0.722. The highest BCUT2D eigenvalue weighted by Gasteiger charge is 2.30. The lowest BCUT2D eigenvalue weighted by Gasteiger charge is -2.40. The van der Waals surface area contributed by atoms with Gasteiger partial charge in [0.1, 0.15) is 0 Å². The fourth-order valence-corrected chi connectivity index (χ4v) is 4.65. The molecule has 1 saturated heterocycles. The molecule has 2 aliphatic heterocycles. The number of hydrogen-bond donors (Lipinski definition) is 0. The van der Waals surface area contributed by atoms with E-state index in [0.717, 1.165) is 18.4 Å². The minimum absolute atomic E-state index is 0.441. The lowest BCUT2D eigenvalue weighted by molar-refractivity contribution is 0.145. The molecule has 0 aromatic heterocycles. The molecule has 22 heavy (non-hydrogen) atoms. The van der Waals surface area contributed by atoms with Gasteiger partial charge in [-0.2, -0.15) is 0 Å². The van der Waals surface area contributed by atoms with Gasteiger partial charge in [0.05, 0.1) is 5.84 Å². The Morgan fingerprint density at radius 1 is 0.955 bits per heavy atom. The second-order valence-electron chi connectivity index (χ2n) is 7.68. The molecule has 3 rings (SSSR count). The van der Waals surface area contributed by atoms with Gasteiger partial charge in [-0.25, -0.2) is 0 Å². The Hall–Kier alpha value is -0.280. The number of nitrogens with zero attached hydrogens (tertiary/aromatic N) is 3. The van der Waals surface area contributed by atoms with E-state index in [4.69, 9.17) is 16.6 Å². The first-order valence-electron chi connectivity index (χ1n) is 9.30. The van der Waals surface area contributed by atoms with Gasteiger partial charge >= 0.3 is 0 Å². The van der Waals surface area contributed by atoms with Crippen molar-refractivity contribution in [2.45, 2.75) is 63.8 Å². The van der Waals surface area contributed by atoms with Gasteiger partial charge in [0, 0.05) is 50.6 Å². The van der Waals surface area contributed by atoms with E-state index in [1.54, 1.807) is 0 Å². The van der Waals surface area contributed by atoms with E-state index >= 15 is 0 Å². The Labute approximate surface area is 141 Å². The van der Waals surface area contributed by atoms with Gasteiger partial charge in [-0.15, -0.1) is 11.6 Å². The maximum absolute atomic E-state index is 6.24. The highest BCUT2D eigenvalue weighted by Crippen LogP contribution is 2.36. The van der Waals surface area contributed by atoms with Crippen molar-refractivity contribution in [3.8, 4) is 0 Å². The van der Waals surface area contributed by atoms with E-state index in [1.807, 2.05) is 0 Å². The van der Waals surface area contributed by atoms with Crippen LogP contribution in [0.25, 0.3) is 0 Å².